The Morgan fingerprint density at radius 2 is 0.946 bits per heavy atom. The van der Waals surface area contributed by atoms with E-state index in [1.165, 1.54) is 100 Å². The summed E-state index contributed by atoms with van der Waals surface area (Å²) in [6, 6.07) is 74.2. The molecule has 3 aliphatic rings. The molecule has 0 radical (unpaired) electrons. The normalized spacial score (nSPS) is 14.2. The number of fused-ring (bicyclic) bond motifs is 7. The molecule has 3 nitrogen and oxygen atoms in total. The summed E-state index contributed by atoms with van der Waals surface area (Å²) in [5, 5.41) is 0. The largest absolute Gasteiger partial charge is 0.311 e. The Labute approximate surface area is 441 Å². The zero-order valence-corrected chi connectivity index (χ0v) is 45.4. The number of para-hydroxylation sites is 2. The van der Waals surface area contributed by atoms with Crippen LogP contribution < -0.4 is 31.1 Å². The molecule has 74 heavy (non-hydrogen) atoms. The fourth-order valence-electron chi connectivity index (χ4n) is 12.3. The van der Waals surface area contributed by atoms with E-state index >= 15 is 0 Å². The lowest BCUT2D eigenvalue weighted by Gasteiger charge is -2.45. The Morgan fingerprint density at radius 1 is 0.392 bits per heavy atom. The highest BCUT2D eigenvalue weighted by Crippen LogP contribution is 2.53. The first-order chi connectivity index (χ1) is 35.3. The third-order valence-corrected chi connectivity index (χ3v) is 16.3. The van der Waals surface area contributed by atoms with Crippen molar-refractivity contribution in [1.29, 1.82) is 0 Å². The summed E-state index contributed by atoms with van der Waals surface area (Å²) in [4.78, 5) is 7.64. The van der Waals surface area contributed by atoms with Crippen molar-refractivity contribution >= 4 is 74.3 Å². The lowest BCUT2D eigenvalue weighted by molar-refractivity contribution is 0.590. The van der Waals surface area contributed by atoms with Crippen LogP contribution in [0.25, 0.3) is 22.3 Å². The fourth-order valence-corrected chi connectivity index (χ4v) is 12.3. The number of hydrogen-bond donors (Lipinski definition) is 0. The van der Waals surface area contributed by atoms with Crippen LogP contribution in [0.15, 0.2) is 194 Å². The maximum absolute atomic E-state index is 2.63. The van der Waals surface area contributed by atoms with Gasteiger partial charge in [0.2, 0.25) is 0 Å². The molecular formula is C70H68BN3. The van der Waals surface area contributed by atoms with Crippen molar-refractivity contribution in [2.24, 2.45) is 0 Å². The maximum atomic E-state index is 2.63. The van der Waals surface area contributed by atoms with Gasteiger partial charge in [0.25, 0.3) is 6.71 Å². The van der Waals surface area contributed by atoms with Crippen LogP contribution in [0.3, 0.4) is 0 Å². The third-order valence-electron chi connectivity index (χ3n) is 16.3. The van der Waals surface area contributed by atoms with Gasteiger partial charge in [-0.2, -0.15) is 0 Å². The van der Waals surface area contributed by atoms with Gasteiger partial charge in [-0.25, -0.2) is 0 Å². The first kappa shape index (κ1) is 47.4. The molecule has 9 aromatic rings. The minimum absolute atomic E-state index is 0.0310. The third kappa shape index (κ3) is 7.71. The van der Waals surface area contributed by atoms with E-state index in [9.17, 15) is 0 Å². The lowest BCUT2D eigenvalue weighted by atomic mass is 9.33. The minimum atomic E-state index is -0.0908. The summed E-state index contributed by atoms with van der Waals surface area (Å²) < 4.78 is 0. The van der Waals surface area contributed by atoms with Gasteiger partial charge in [0.1, 0.15) is 0 Å². The second-order valence-corrected chi connectivity index (χ2v) is 24.8. The van der Waals surface area contributed by atoms with Crippen LogP contribution in [0.2, 0.25) is 0 Å². The number of anilines is 9. The summed E-state index contributed by atoms with van der Waals surface area (Å²) >= 11 is 0. The zero-order valence-electron chi connectivity index (χ0n) is 45.4. The molecule has 0 unspecified atom stereocenters. The summed E-state index contributed by atoms with van der Waals surface area (Å²) in [6.07, 6.45) is 0. The van der Waals surface area contributed by atoms with E-state index in [-0.39, 0.29) is 28.4 Å². The molecular weight excluding hydrogens is 894 g/mol. The van der Waals surface area contributed by atoms with Crippen molar-refractivity contribution in [3.63, 3.8) is 0 Å². The average Bonchev–Trinajstić information content (AvgIpc) is 3.61. The molecule has 1 aliphatic carbocycles. The van der Waals surface area contributed by atoms with Gasteiger partial charge in [0.15, 0.2) is 0 Å². The molecule has 366 valence electrons. The number of benzene rings is 9. The molecule has 12 rings (SSSR count). The van der Waals surface area contributed by atoms with Crippen molar-refractivity contribution in [2.75, 3.05) is 14.7 Å². The molecule has 0 saturated carbocycles. The van der Waals surface area contributed by atoms with Gasteiger partial charge in [-0.1, -0.05) is 191 Å². The van der Waals surface area contributed by atoms with Crippen molar-refractivity contribution in [1.82, 2.24) is 0 Å². The van der Waals surface area contributed by atoms with E-state index in [4.69, 9.17) is 0 Å². The number of rotatable bonds is 6. The van der Waals surface area contributed by atoms with Gasteiger partial charge in [-0.05, 0) is 168 Å². The quantitative estimate of drug-likeness (QED) is 0.154. The predicted molar refractivity (Wildman–Crippen MR) is 319 cm³/mol. The SMILES string of the molecule is Cc1cc2c3c(c1)N(c1ccc(C(C)(C)C)cc1-c1ccc(C(C)(C)C)cc1)c1cc(N(c4ccccc4)c4ccccc4)ccc1B3c1cc(C(C)(C)C)ccc1N2c1ccc2c(c1)-c1ccccc1C2(C)C. The van der Waals surface area contributed by atoms with Crippen LogP contribution in [0, 0.1) is 6.92 Å². The number of hydrogen-bond acceptors (Lipinski definition) is 3. The molecule has 0 amide bonds. The molecule has 0 N–H and O–H groups in total. The van der Waals surface area contributed by atoms with Crippen molar-refractivity contribution in [3.8, 4) is 22.3 Å². The Morgan fingerprint density at radius 3 is 1.58 bits per heavy atom. The van der Waals surface area contributed by atoms with E-state index in [0.29, 0.717) is 0 Å². The van der Waals surface area contributed by atoms with E-state index in [2.05, 4.69) is 292 Å². The first-order valence-electron chi connectivity index (χ1n) is 26.7. The molecule has 0 fully saturated rings. The summed E-state index contributed by atoms with van der Waals surface area (Å²) in [6.45, 7) is 27.9. The van der Waals surface area contributed by atoms with E-state index < -0.39 is 0 Å². The summed E-state index contributed by atoms with van der Waals surface area (Å²) in [7, 11) is 0. The van der Waals surface area contributed by atoms with Crippen LogP contribution in [-0.4, -0.2) is 6.71 Å². The highest BCUT2D eigenvalue weighted by atomic mass is 15.2. The average molecular weight is 962 g/mol. The van der Waals surface area contributed by atoms with Crippen molar-refractivity contribution < 1.29 is 0 Å². The van der Waals surface area contributed by atoms with Crippen molar-refractivity contribution in [2.45, 2.75) is 105 Å². The van der Waals surface area contributed by atoms with Gasteiger partial charge < -0.3 is 14.7 Å². The second kappa shape index (κ2) is 17.0. The van der Waals surface area contributed by atoms with Crippen LogP contribution in [-0.2, 0) is 21.7 Å². The van der Waals surface area contributed by atoms with E-state index in [1.807, 2.05) is 0 Å². The number of aryl methyl sites for hydroxylation is 1. The molecule has 0 spiro atoms. The first-order valence-corrected chi connectivity index (χ1v) is 26.7. The van der Waals surface area contributed by atoms with Crippen LogP contribution in [0.4, 0.5) is 51.2 Å². The molecule has 0 aromatic heterocycles. The van der Waals surface area contributed by atoms with Gasteiger partial charge in [0, 0.05) is 56.5 Å². The molecule has 2 aliphatic heterocycles. The van der Waals surface area contributed by atoms with Crippen LogP contribution >= 0.6 is 0 Å². The Bertz CT molecular complexity index is 3620. The van der Waals surface area contributed by atoms with E-state index in [0.717, 1.165) is 22.7 Å². The van der Waals surface area contributed by atoms with Crippen LogP contribution in [0.5, 0.6) is 0 Å². The monoisotopic (exact) mass is 962 g/mol. The topological polar surface area (TPSA) is 9.72 Å². The highest BCUT2D eigenvalue weighted by Gasteiger charge is 2.45. The molecule has 9 aromatic carbocycles. The molecule has 4 heteroatoms. The summed E-state index contributed by atoms with van der Waals surface area (Å²) in [5.74, 6) is 0. The van der Waals surface area contributed by atoms with Gasteiger partial charge >= 0.3 is 0 Å². The molecule has 0 bridgehead atoms. The predicted octanol–water partition coefficient (Wildman–Crippen LogP) is 17.4. The molecule has 0 atom stereocenters. The maximum Gasteiger partial charge on any atom is 0.252 e. The molecule has 0 saturated heterocycles. The molecule has 2 heterocycles. The van der Waals surface area contributed by atoms with Gasteiger partial charge in [-0.15, -0.1) is 0 Å². The minimum Gasteiger partial charge on any atom is -0.311 e. The fraction of sp³-hybridized carbons (Fsp3) is 0.229. The van der Waals surface area contributed by atoms with E-state index in [1.54, 1.807) is 0 Å². The Kier molecular flexibility index (Phi) is 10.9. The summed E-state index contributed by atoms with van der Waals surface area (Å²) in [5.41, 5.74) is 27.3. The van der Waals surface area contributed by atoms with Gasteiger partial charge in [0.05, 0.1) is 5.69 Å². The Balaban J connectivity index is 1.17. The zero-order chi connectivity index (χ0) is 51.6. The standard InChI is InChI=1S/C70H68BN3/c1-45-39-64-66-65(40-45)74(61-37-31-48(68(5,6)7)41-55(61)46-27-29-47(30-28-46)67(2,3)4)63-44-53(72(50-21-15-13-16-22-50)51-23-17-14-18-24-51)34-36-59(63)71(66)60-42-49(69(8,9)10)32-38-62(60)73(64)52-33-35-58-56(43-52)54-25-19-20-26-57(54)70(58,11)12/h13-44H,1-12H3. The number of nitrogens with zero attached hydrogens (tertiary/aromatic N) is 3. The van der Waals surface area contributed by atoms with Crippen molar-refractivity contribution in [3.05, 3.63) is 228 Å². The lowest BCUT2D eigenvalue weighted by Crippen LogP contribution is -2.61. The van der Waals surface area contributed by atoms with Gasteiger partial charge in [-0.3, -0.25) is 0 Å². The Hall–Kier alpha value is -7.56. The van der Waals surface area contributed by atoms with Crippen LogP contribution in [0.1, 0.15) is 110 Å². The second-order valence-electron chi connectivity index (χ2n) is 24.8. The smallest absolute Gasteiger partial charge is 0.252 e. The highest BCUT2D eigenvalue weighted by molar-refractivity contribution is 7.00.